The van der Waals surface area contributed by atoms with Gasteiger partial charge < -0.3 is 20.5 Å². The number of ether oxygens (including phenoxy) is 1. The van der Waals surface area contributed by atoms with Crippen molar-refractivity contribution in [1.82, 2.24) is 5.32 Å². The van der Waals surface area contributed by atoms with Crippen LogP contribution >= 0.6 is 0 Å². The van der Waals surface area contributed by atoms with Crippen LogP contribution in [-0.2, 0) is 0 Å². The molecule has 2 aliphatic heterocycles. The van der Waals surface area contributed by atoms with Crippen LogP contribution in [0.5, 0.6) is 5.75 Å². The Labute approximate surface area is 114 Å². The van der Waals surface area contributed by atoms with Gasteiger partial charge in [-0.1, -0.05) is 6.07 Å². The lowest BCUT2D eigenvalue weighted by Gasteiger charge is -2.29. The third-order valence-corrected chi connectivity index (χ3v) is 4.08. The van der Waals surface area contributed by atoms with Crippen LogP contribution in [0, 0.1) is 5.92 Å². The molecule has 0 spiro atoms. The first-order valence-electron chi connectivity index (χ1n) is 7.17. The molecule has 1 saturated heterocycles. The lowest BCUT2D eigenvalue weighted by atomic mass is 9.88. The van der Waals surface area contributed by atoms with Gasteiger partial charge in [0.15, 0.2) is 0 Å². The number of piperidine rings is 1. The highest BCUT2D eigenvalue weighted by atomic mass is 16.5. The molecule has 19 heavy (non-hydrogen) atoms. The fourth-order valence-electron chi connectivity index (χ4n) is 2.92. The largest absolute Gasteiger partial charge is 0.487 e. The second-order valence-corrected chi connectivity index (χ2v) is 5.60. The smallest absolute Gasteiger partial charge is 0.142 e. The van der Waals surface area contributed by atoms with Crippen LogP contribution in [0.2, 0.25) is 0 Å². The Kier molecular flexibility index (Phi) is 3.62. The zero-order valence-electron chi connectivity index (χ0n) is 11.4. The lowest BCUT2D eigenvalue weighted by molar-refractivity contribution is 0.0888. The molecule has 1 aromatic carbocycles. The first kappa shape index (κ1) is 12.8. The van der Waals surface area contributed by atoms with E-state index in [4.69, 9.17) is 4.74 Å². The van der Waals surface area contributed by atoms with Gasteiger partial charge in [-0.2, -0.15) is 0 Å². The Bertz CT molecular complexity index is 444. The molecule has 0 amide bonds. The lowest BCUT2D eigenvalue weighted by Crippen LogP contribution is -2.31. The molecule has 3 rings (SSSR count). The fourth-order valence-corrected chi connectivity index (χ4v) is 2.92. The summed E-state index contributed by atoms with van der Waals surface area (Å²) in [4.78, 5) is 0. The molecule has 0 radical (unpaired) electrons. The van der Waals surface area contributed by atoms with Crippen molar-refractivity contribution in [2.45, 2.75) is 32.0 Å². The molecule has 0 saturated carbocycles. The Hall–Kier alpha value is -1.26. The zero-order chi connectivity index (χ0) is 13.2. The molecule has 0 bridgehead atoms. The standard InChI is InChI=1S/C15H22N2O2/c1-10-9-17-13-8-12(2-3-14(13)19-10)15(18)11-4-6-16-7-5-11/h2-3,8,10-11,15-18H,4-7,9H2,1H3. The molecule has 4 heteroatoms. The number of aliphatic hydroxyl groups excluding tert-OH is 1. The predicted octanol–water partition coefficient (Wildman–Crippen LogP) is 1.91. The molecular formula is C15H22N2O2. The van der Waals surface area contributed by atoms with Crippen LogP contribution in [0.3, 0.4) is 0 Å². The van der Waals surface area contributed by atoms with E-state index in [0.29, 0.717) is 5.92 Å². The van der Waals surface area contributed by atoms with E-state index in [0.717, 1.165) is 49.5 Å². The van der Waals surface area contributed by atoms with E-state index in [1.165, 1.54) is 0 Å². The average molecular weight is 262 g/mol. The third-order valence-electron chi connectivity index (χ3n) is 4.08. The van der Waals surface area contributed by atoms with Crippen molar-refractivity contribution in [2.75, 3.05) is 25.0 Å². The maximum Gasteiger partial charge on any atom is 0.142 e. The van der Waals surface area contributed by atoms with Gasteiger partial charge in [0, 0.05) is 0 Å². The van der Waals surface area contributed by atoms with Crippen LogP contribution in [0.4, 0.5) is 5.69 Å². The molecule has 2 heterocycles. The number of hydrogen-bond acceptors (Lipinski definition) is 4. The van der Waals surface area contributed by atoms with Gasteiger partial charge in [0.2, 0.25) is 0 Å². The van der Waals surface area contributed by atoms with Crippen molar-refractivity contribution in [3.63, 3.8) is 0 Å². The normalized spacial score (nSPS) is 25.1. The van der Waals surface area contributed by atoms with Crippen molar-refractivity contribution in [1.29, 1.82) is 0 Å². The molecular weight excluding hydrogens is 240 g/mol. The summed E-state index contributed by atoms with van der Waals surface area (Å²) in [6.45, 7) is 4.88. The first-order valence-corrected chi connectivity index (χ1v) is 7.17. The molecule has 0 aliphatic carbocycles. The van der Waals surface area contributed by atoms with E-state index in [-0.39, 0.29) is 12.2 Å². The molecule has 1 aromatic rings. The zero-order valence-corrected chi connectivity index (χ0v) is 11.4. The minimum atomic E-state index is -0.367. The van der Waals surface area contributed by atoms with Gasteiger partial charge in [-0.25, -0.2) is 0 Å². The Morgan fingerprint density at radius 1 is 1.32 bits per heavy atom. The maximum atomic E-state index is 10.5. The van der Waals surface area contributed by atoms with Crippen LogP contribution in [-0.4, -0.2) is 30.8 Å². The number of aliphatic hydroxyl groups is 1. The van der Waals surface area contributed by atoms with E-state index < -0.39 is 0 Å². The number of benzene rings is 1. The highest BCUT2D eigenvalue weighted by Gasteiger charge is 2.24. The van der Waals surface area contributed by atoms with E-state index in [9.17, 15) is 5.11 Å². The summed E-state index contributed by atoms with van der Waals surface area (Å²) >= 11 is 0. The maximum absolute atomic E-state index is 10.5. The summed E-state index contributed by atoms with van der Waals surface area (Å²) in [7, 11) is 0. The van der Waals surface area contributed by atoms with Crippen molar-refractivity contribution in [3.05, 3.63) is 23.8 Å². The Morgan fingerprint density at radius 3 is 2.89 bits per heavy atom. The van der Waals surface area contributed by atoms with Gasteiger partial charge in [0.25, 0.3) is 0 Å². The molecule has 104 valence electrons. The van der Waals surface area contributed by atoms with Crippen molar-refractivity contribution in [2.24, 2.45) is 5.92 Å². The van der Waals surface area contributed by atoms with Gasteiger partial charge in [-0.15, -0.1) is 0 Å². The van der Waals surface area contributed by atoms with Gasteiger partial charge in [-0.05, 0) is 56.5 Å². The number of rotatable bonds is 2. The summed E-state index contributed by atoms with van der Waals surface area (Å²) in [6.07, 6.45) is 1.92. The van der Waals surface area contributed by atoms with Crippen molar-refractivity contribution in [3.8, 4) is 5.75 Å². The van der Waals surface area contributed by atoms with Gasteiger partial charge in [0.05, 0.1) is 18.3 Å². The van der Waals surface area contributed by atoms with E-state index in [1.54, 1.807) is 0 Å². The molecule has 0 aromatic heterocycles. The summed E-state index contributed by atoms with van der Waals surface area (Å²) in [5, 5.41) is 17.2. The molecule has 1 fully saturated rings. The average Bonchev–Trinajstić information content (AvgIpc) is 2.47. The molecule has 2 atom stereocenters. The predicted molar refractivity (Wildman–Crippen MR) is 75.6 cm³/mol. The third kappa shape index (κ3) is 2.69. The molecule has 2 unspecified atom stereocenters. The van der Waals surface area contributed by atoms with Crippen LogP contribution in [0.25, 0.3) is 0 Å². The number of anilines is 1. The minimum absolute atomic E-state index is 0.202. The van der Waals surface area contributed by atoms with Crippen molar-refractivity contribution >= 4 is 5.69 Å². The SMILES string of the molecule is CC1CNc2cc(C(O)C3CCNCC3)ccc2O1. The molecule has 2 aliphatic rings. The fraction of sp³-hybridized carbons (Fsp3) is 0.600. The highest BCUT2D eigenvalue weighted by molar-refractivity contribution is 5.59. The molecule has 3 N–H and O–H groups in total. The highest BCUT2D eigenvalue weighted by Crippen LogP contribution is 2.35. The Balaban J connectivity index is 1.77. The van der Waals surface area contributed by atoms with Crippen LogP contribution in [0.1, 0.15) is 31.4 Å². The van der Waals surface area contributed by atoms with Crippen LogP contribution < -0.4 is 15.4 Å². The summed E-state index contributed by atoms with van der Waals surface area (Å²) in [5.41, 5.74) is 2.00. The summed E-state index contributed by atoms with van der Waals surface area (Å²) in [5.74, 6) is 1.25. The monoisotopic (exact) mass is 262 g/mol. The van der Waals surface area contributed by atoms with E-state index in [2.05, 4.69) is 10.6 Å². The van der Waals surface area contributed by atoms with Gasteiger partial charge in [0.1, 0.15) is 11.9 Å². The second-order valence-electron chi connectivity index (χ2n) is 5.60. The van der Waals surface area contributed by atoms with E-state index >= 15 is 0 Å². The number of fused-ring (bicyclic) bond motifs is 1. The number of hydrogen-bond donors (Lipinski definition) is 3. The van der Waals surface area contributed by atoms with Crippen molar-refractivity contribution < 1.29 is 9.84 Å². The quantitative estimate of drug-likeness (QED) is 0.762. The van der Waals surface area contributed by atoms with Gasteiger partial charge >= 0.3 is 0 Å². The van der Waals surface area contributed by atoms with Gasteiger partial charge in [-0.3, -0.25) is 0 Å². The first-order chi connectivity index (χ1) is 9.24. The second kappa shape index (κ2) is 5.39. The van der Waals surface area contributed by atoms with Crippen LogP contribution in [0.15, 0.2) is 18.2 Å². The Morgan fingerprint density at radius 2 is 2.11 bits per heavy atom. The molecule has 4 nitrogen and oxygen atoms in total. The summed E-state index contributed by atoms with van der Waals surface area (Å²) < 4.78 is 5.76. The minimum Gasteiger partial charge on any atom is -0.487 e. The van der Waals surface area contributed by atoms with E-state index in [1.807, 2.05) is 25.1 Å². The topological polar surface area (TPSA) is 53.5 Å². The number of nitrogens with one attached hydrogen (secondary N) is 2. The summed E-state index contributed by atoms with van der Waals surface area (Å²) in [6, 6.07) is 6.00.